The first-order valence-electron chi connectivity index (χ1n) is 7.56. The highest BCUT2D eigenvalue weighted by atomic mass is 32.2. The first-order chi connectivity index (χ1) is 12.2. The van der Waals surface area contributed by atoms with E-state index in [-0.39, 0.29) is 21.8 Å². The smallest absolute Gasteiger partial charge is 0.340 e. The largest absolute Gasteiger partial charge is 0.452 e. The van der Waals surface area contributed by atoms with Crippen LogP contribution in [0.15, 0.2) is 53.4 Å². The van der Waals surface area contributed by atoms with Crippen LogP contribution in [0, 0.1) is 0 Å². The van der Waals surface area contributed by atoms with Crippen molar-refractivity contribution in [3.63, 3.8) is 0 Å². The molecule has 0 spiro atoms. The van der Waals surface area contributed by atoms with Crippen LogP contribution in [-0.4, -0.2) is 45.3 Å². The summed E-state index contributed by atoms with van der Waals surface area (Å²) in [7, 11) is -0.795. The summed E-state index contributed by atoms with van der Waals surface area (Å²) in [5, 5.41) is 2.48. The minimum absolute atomic E-state index is 0.0364. The molecule has 138 valence electrons. The molecule has 0 bridgehead atoms. The maximum atomic E-state index is 12.1. The van der Waals surface area contributed by atoms with Crippen molar-refractivity contribution in [2.75, 3.05) is 31.8 Å². The van der Waals surface area contributed by atoms with E-state index in [4.69, 9.17) is 10.5 Å². The van der Waals surface area contributed by atoms with E-state index in [9.17, 15) is 18.0 Å². The highest BCUT2D eigenvalue weighted by Crippen LogP contribution is 2.18. The minimum Gasteiger partial charge on any atom is -0.452 e. The number of benzene rings is 2. The monoisotopic (exact) mass is 377 g/mol. The van der Waals surface area contributed by atoms with Gasteiger partial charge in [-0.3, -0.25) is 4.79 Å². The molecule has 0 saturated heterocycles. The maximum Gasteiger partial charge on any atom is 0.340 e. The van der Waals surface area contributed by atoms with Crippen molar-refractivity contribution >= 4 is 33.3 Å². The van der Waals surface area contributed by atoms with Crippen molar-refractivity contribution in [3.05, 3.63) is 54.1 Å². The third-order valence-corrected chi connectivity index (χ3v) is 5.22. The molecule has 0 atom stereocenters. The second-order valence-electron chi connectivity index (χ2n) is 5.53. The summed E-state index contributed by atoms with van der Waals surface area (Å²) in [6, 6.07) is 12.1. The van der Waals surface area contributed by atoms with Crippen LogP contribution < -0.4 is 11.1 Å². The average Bonchev–Trinajstić information content (AvgIpc) is 2.60. The predicted molar refractivity (Wildman–Crippen MR) is 97.1 cm³/mol. The Labute approximate surface area is 151 Å². The van der Waals surface area contributed by atoms with Gasteiger partial charge in [0.1, 0.15) is 0 Å². The van der Waals surface area contributed by atoms with Crippen LogP contribution in [0.1, 0.15) is 10.4 Å². The van der Waals surface area contributed by atoms with Crippen molar-refractivity contribution < 1.29 is 22.7 Å². The number of nitrogen functional groups attached to an aromatic ring is 1. The molecular formula is C17H19N3O5S. The number of nitrogens with two attached hydrogens (primary N) is 1. The Morgan fingerprint density at radius 3 is 2.46 bits per heavy atom. The number of ether oxygens (including phenoxy) is 1. The number of nitrogens with zero attached hydrogens (tertiary/aromatic N) is 1. The van der Waals surface area contributed by atoms with Gasteiger partial charge in [0.05, 0.1) is 10.5 Å². The molecule has 0 heterocycles. The van der Waals surface area contributed by atoms with Crippen LogP contribution >= 0.6 is 0 Å². The Morgan fingerprint density at radius 2 is 1.81 bits per heavy atom. The molecule has 0 aliphatic carbocycles. The molecule has 0 fully saturated rings. The van der Waals surface area contributed by atoms with Gasteiger partial charge < -0.3 is 15.8 Å². The molecule has 0 radical (unpaired) electrons. The van der Waals surface area contributed by atoms with E-state index < -0.39 is 28.5 Å². The van der Waals surface area contributed by atoms with Crippen LogP contribution in [0.5, 0.6) is 0 Å². The van der Waals surface area contributed by atoms with Crippen molar-refractivity contribution in [2.24, 2.45) is 0 Å². The Kier molecular flexibility index (Phi) is 5.96. The topological polar surface area (TPSA) is 119 Å². The quantitative estimate of drug-likeness (QED) is 0.579. The number of carbonyl (C=O) groups is 2. The molecule has 8 nitrogen and oxygen atoms in total. The molecule has 0 saturated carbocycles. The van der Waals surface area contributed by atoms with Gasteiger partial charge in [0.15, 0.2) is 6.61 Å². The van der Waals surface area contributed by atoms with Gasteiger partial charge in [-0.05, 0) is 30.3 Å². The summed E-state index contributed by atoms with van der Waals surface area (Å²) in [5.41, 5.74) is 6.36. The van der Waals surface area contributed by atoms with E-state index in [1.165, 1.54) is 44.4 Å². The number of hydrogen-bond donors (Lipinski definition) is 2. The van der Waals surface area contributed by atoms with Crippen LogP contribution in [0.25, 0.3) is 0 Å². The van der Waals surface area contributed by atoms with E-state index in [1.54, 1.807) is 18.2 Å². The van der Waals surface area contributed by atoms with Crippen molar-refractivity contribution in [3.8, 4) is 0 Å². The zero-order valence-electron chi connectivity index (χ0n) is 14.3. The Bertz CT molecular complexity index is 926. The molecule has 2 aromatic rings. The minimum atomic E-state index is -3.62. The predicted octanol–water partition coefficient (Wildman–Crippen LogP) is 1.31. The molecular weight excluding hydrogens is 358 g/mol. The molecule has 2 rings (SSSR count). The van der Waals surface area contributed by atoms with Gasteiger partial charge >= 0.3 is 5.97 Å². The maximum absolute atomic E-state index is 12.1. The van der Waals surface area contributed by atoms with Gasteiger partial charge in [-0.1, -0.05) is 18.2 Å². The second kappa shape index (κ2) is 7.98. The zero-order chi connectivity index (χ0) is 19.3. The summed E-state index contributed by atoms with van der Waals surface area (Å²) in [4.78, 5) is 23.9. The lowest BCUT2D eigenvalue weighted by Crippen LogP contribution is -2.23. The molecule has 0 aliphatic rings. The van der Waals surface area contributed by atoms with E-state index in [0.717, 1.165) is 4.31 Å². The molecule has 3 N–H and O–H groups in total. The first-order valence-corrected chi connectivity index (χ1v) is 9.00. The molecule has 2 aromatic carbocycles. The molecule has 0 aromatic heterocycles. The molecule has 26 heavy (non-hydrogen) atoms. The highest BCUT2D eigenvalue weighted by molar-refractivity contribution is 7.89. The van der Waals surface area contributed by atoms with Gasteiger partial charge in [-0.15, -0.1) is 0 Å². The fourth-order valence-corrected chi connectivity index (χ4v) is 2.98. The Balaban J connectivity index is 2.00. The number of carbonyl (C=O) groups excluding carboxylic acids is 2. The standard InChI is InChI=1S/C17H19N3O5S/c1-20(2)26(23,24)13-7-5-6-12(10-13)19-16(21)11-25-17(22)14-8-3-4-9-15(14)18/h3-10H,11,18H2,1-2H3,(H,19,21). The molecule has 1 amide bonds. The number of sulfonamides is 1. The summed E-state index contributed by atoms with van der Waals surface area (Å²) in [6.45, 7) is -0.530. The van der Waals surface area contributed by atoms with Crippen molar-refractivity contribution in [2.45, 2.75) is 4.90 Å². The summed E-state index contributed by atoms with van der Waals surface area (Å²) < 4.78 is 30.2. The van der Waals surface area contributed by atoms with Crippen molar-refractivity contribution in [1.29, 1.82) is 0 Å². The van der Waals surface area contributed by atoms with E-state index in [1.807, 2.05) is 0 Å². The van der Waals surface area contributed by atoms with E-state index in [2.05, 4.69) is 5.32 Å². The summed E-state index contributed by atoms with van der Waals surface area (Å²) in [5.74, 6) is -1.32. The number of amides is 1. The third kappa shape index (κ3) is 4.58. The summed E-state index contributed by atoms with van der Waals surface area (Å²) in [6.07, 6.45) is 0. The third-order valence-electron chi connectivity index (χ3n) is 3.41. The second-order valence-corrected chi connectivity index (χ2v) is 7.68. The Hall–Kier alpha value is -2.91. The molecule has 9 heteroatoms. The lowest BCUT2D eigenvalue weighted by atomic mass is 10.2. The SMILES string of the molecule is CN(C)S(=O)(=O)c1cccc(NC(=O)COC(=O)c2ccccc2N)c1. The van der Waals surface area contributed by atoms with Gasteiger partial charge in [-0.25, -0.2) is 17.5 Å². The number of rotatable bonds is 6. The number of anilines is 2. The van der Waals surface area contributed by atoms with Crippen LogP contribution in [0.2, 0.25) is 0 Å². The van der Waals surface area contributed by atoms with Gasteiger partial charge in [0, 0.05) is 25.5 Å². The van der Waals surface area contributed by atoms with Gasteiger partial charge in [-0.2, -0.15) is 0 Å². The van der Waals surface area contributed by atoms with E-state index in [0.29, 0.717) is 0 Å². The fourth-order valence-electron chi connectivity index (χ4n) is 2.03. The first kappa shape index (κ1) is 19.4. The zero-order valence-corrected chi connectivity index (χ0v) is 15.1. The lowest BCUT2D eigenvalue weighted by Gasteiger charge is -2.13. The fraction of sp³-hybridized carbons (Fsp3) is 0.176. The van der Waals surface area contributed by atoms with Gasteiger partial charge in [0.25, 0.3) is 5.91 Å². The average molecular weight is 377 g/mol. The van der Waals surface area contributed by atoms with Crippen LogP contribution in [0.4, 0.5) is 11.4 Å². The molecule has 0 aliphatic heterocycles. The normalized spacial score (nSPS) is 11.2. The van der Waals surface area contributed by atoms with Crippen LogP contribution in [-0.2, 0) is 19.6 Å². The van der Waals surface area contributed by atoms with E-state index >= 15 is 0 Å². The lowest BCUT2D eigenvalue weighted by molar-refractivity contribution is -0.119. The summed E-state index contributed by atoms with van der Waals surface area (Å²) >= 11 is 0. The van der Waals surface area contributed by atoms with Gasteiger partial charge in [0.2, 0.25) is 10.0 Å². The number of esters is 1. The highest BCUT2D eigenvalue weighted by Gasteiger charge is 2.18. The molecule has 0 unspecified atom stereocenters. The van der Waals surface area contributed by atoms with Crippen molar-refractivity contribution in [1.82, 2.24) is 4.31 Å². The number of para-hydroxylation sites is 1. The Morgan fingerprint density at radius 1 is 1.12 bits per heavy atom. The number of hydrogen-bond acceptors (Lipinski definition) is 6. The van der Waals surface area contributed by atoms with Crippen LogP contribution in [0.3, 0.4) is 0 Å². The number of nitrogens with one attached hydrogen (secondary N) is 1.